The second kappa shape index (κ2) is 8.69. The lowest BCUT2D eigenvalue weighted by Gasteiger charge is -2.09. The number of rotatable bonds is 8. The maximum Gasteiger partial charge on any atom is 0.295 e. The van der Waals surface area contributed by atoms with Crippen molar-refractivity contribution in [3.63, 3.8) is 0 Å². The summed E-state index contributed by atoms with van der Waals surface area (Å²) in [6.45, 7) is 2.01. The van der Waals surface area contributed by atoms with Gasteiger partial charge in [-0.05, 0) is 42.7 Å². The minimum Gasteiger partial charge on any atom is -0.271 e. The van der Waals surface area contributed by atoms with Crippen LogP contribution in [0.25, 0.3) is 0 Å². The van der Waals surface area contributed by atoms with E-state index >= 15 is 0 Å². The number of anilines is 1. The summed E-state index contributed by atoms with van der Waals surface area (Å²) in [6, 6.07) is 9.01. The molecule has 27 heavy (non-hydrogen) atoms. The maximum atomic E-state index is 13.1. The van der Waals surface area contributed by atoms with Crippen molar-refractivity contribution in [2.45, 2.75) is 31.1 Å². The monoisotopic (exact) mass is 394 g/mol. The molecule has 8 nitrogen and oxygen atoms in total. The Kier molecular flexibility index (Phi) is 6.59. The van der Waals surface area contributed by atoms with Crippen molar-refractivity contribution in [3.8, 4) is 0 Å². The first-order valence-corrected chi connectivity index (χ1v) is 9.66. The average Bonchev–Trinajstić information content (AvgIpc) is 2.62. The third-order valence-corrected chi connectivity index (χ3v) is 4.66. The molecule has 0 saturated heterocycles. The van der Waals surface area contributed by atoms with Crippen LogP contribution in [0.4, 0.5) is 15.8 Å². The van der Waals surface area contributed by atoms with Gasteiger partial charge >= 0.3 is 0 Å². The van der Waals surface area contributed by atoms with Gasteiger partial charge in [0.05, 0.1) is 15.5 Å². The van der Waals surface area contributed by atoms with Gasteiger partial charge in [-0.2, -0.15) is 5.10 Å². The number of unbranched alkanes of at least 4 members (excludes halogenated alkanes) is 1. The minimum atomic E-state index is -4.07. The highest BCUT2D eigenvalue weighted by atomic mass is 32.2. The van der Waals surface area contributed by atoms with Gasteiger partial charge in [-0.3, -0.25) is 15.5 Å². The number of nitro groups is 1. The Bertz CT molecular complexity index is 959. The zero-order valence-corrected chi connectivity index (χ0v) is 15.4. The molecule has 0 heterocycles. The first-order valence-electron chi connectivity index (χ1n) is 8.12. The quantitative estimate of drug-likeness (QED) is 0.403. The average molecular weight is 394 g/mol. The molecule has 2 aromatic rings. The molecular formula is C17H19FN4O4S. The Morgan fingerprint density at radius 3 is 2.48 bits per heavy atom. The molecule has 0 atom stereocenters. The van der Waals surface area contributed by atoms with E-state index in [4.69, 9.17) is 5.14 Å². The Balaban J connectivity index is 2.39. The van der Waals surface area contributed by atoms with Crippen molar-refractivity contribution >= 4 is 27.1 Å². The summed E-state index contributed by atoms with van der Waals surface area (Å²) in [6.07, 6.45) is 2.31. The van der Waals surface area contributed by atoms with Crippen molar-refractivity contribution in [1.82, 2.24) is 0 Å². The first-order chi connectivity index (χ1) is 12.7. The molecule has 2 aromatic carbocycles. The van der Waals surface area contributed by atoms with Gasteiger partial charge in [0.2, 0.25) is 10.0 Å². The molecule has 0 amide bonds. The largest absolute Gasteiger partial charge is 0.295 e. The standard InChI is InChI=1S/C17H19FN4O4S/c1-2-3-4-15(12-5-7-13(18)8-6-12)20-21-16-10-9-14(27(19,25)26)11-17(16)22(23)24/h5-11,21H,2-4H2,1H3,(H2,19,25,26)/b20-15-. The van der Waals surface area contributed by atoms with Gasteiger partial charge in [0.25, 0.3) is 5.69 Å². The van der Waals surface area contributed by atoms with Crippen LogP contribution in [0.2, 0.25) is 0 Å². The number of primary sulfonamides is 1. The summed E-state index contributed by atoms with van der Waals surface area (Å²) in [5.41, 5.74) is 3.44. The molecule has 0 aliphatic rings. The van der Waals surface area contributed by atoms with Crippen LogP contribution in [0.3, 0.4) is 0 Å². The van der Waals surface area contributed by atoms with E-state index in [0.29, 0.717) is 17.7 Å². The molecule has 0 aliphatic carbocycles. The highest BCUT2D eigenvalue weighted by Gasteiger charge is 2.19. The van der Waals surface area contributed by atoms with E-state index in [-0.39, 0.29) is 16.4 Å². The molecule has 0 aliphatic heterocycles. The van der Waals surface area contributed by atoms with E-state index in [1.807, 2.05) is 6.92 Å². The molecule has 3 N–H and O–H groups in total. The second-order valence-corrected chi connectivity index (χ2v) is 7.32. The lowest BCUT2D eigenvalue weighted by atomic mass is 10.1. The Labute approximate surface area is 156 Å². The van der Waals surface area contributed by atoms with Gasteiger partial charge in [0.15, 0.2) is 0 Å². The fourth-order valence-electron chi connectivity index (χ4n) is 2.31. The summed E-state index contributed by atoms with van der Waals surface area (Å²) >= 11 is 0. The van der Waals surface area contributed by atoms with Gasteiger partial charge in [-0.1, -0.05) is 25.5 Å². The number of sulfonamides is 1. The fraction of sp³-hybridized carbons (Fsp3) is 0.235. The number of hydrogen-bond acceptors (Lipinski definition) is 6. The molecule has 10 heteroatoms. The third-order valence-electron chi connectivity index (χ3n) is 3.75. The minimum absolute atomic E-state index is 0.0171. The SMILES string of the molecule is CCCC/C(=N/Nc1ccc(S(N)(=O)=O)cc1[N+](=O)[O-])c1ccc(F)cc1. The van der Waals surface area contributed by atoms with Crippen molar-refractivity contribution in [3.05, 3.63) is 64.0 Å². The number of hydrazone groups is 1. The van der Waals surface area contributed by atoms with E-state index < -0.39 is 20.6 Å². The number of hydrogen-bond donors (Lipinski definition) is 2. The van der Waals surface area contributed by atoms with E-state index in [2.05, 4.69) is 10.5 Å². The van der Waals surface area contributed by atoms with Crippen molar-refractivity contribution in [2.24, 2.45) is 10.2 Å². The van der Waals surface area contributed by atoms with Crippen molar-refractivity contribution < 1.29 is 17.7 Å². The second-order valence-electron chi connectivity index (χ2n) is 5.76. The highest BCUT2D eigenvalue weighted by molar-refractivity contribution is 7.89. The van der Waals surface area contributed by atoms with Crippen LogP contribution in [-0.4, -0.2) is 19.1 Å². The molecule has 0 fully saturated rings. The molecular weight excluding hydrogens is 375 g/mol. The number of nitro benzene ring substituents is 1. The van der Waals surface area contributed by atoms with Gasteiger partial charge in [-0.25, -0.2) is 17.9 Å². The summed E-state index contributed by atoms with van der Waals surface area (Å²) in [4.78, 5) is 10.2. The molecule has 0 saturated carbocycles. The molecule has 2 rings (SSSR count). The topological polar surface area (TPSA) is 128 Å². The predicted molar refractivity (Wildman–Crippen MR) is 101 cm³/mol. The molecule has 0 radical (unpaired) electrons. The van der Waals surface area contributed by atoms with E-state index in [9.17, 15) is 22.9 Å². The molecule has 0 spiro atoms. The highest BCUT2D eigenvalue weighted by Crippen LogP contribution is 2.27. The Morgan fingerprint density at radius 2 is 1.93 bits per heavy atom. The Morgan fingerprint density at radius 1 is 1.26 bits per heavy atom. The van der Waals surface area contributed by atoms with Gasteiger partial charge < -0.3 is 0 Å². The van der Waals surface area contributed by atoms with E-state index in [0.717, 1.165) is 25.0 Å². The summed E-state index contributed by atoms with van der Waals surface area (Å²) < 4.78 is 35.9. The number of nitrogens with one attached hydrogen (secondary N) is 1. The maximum absolute atomic E-state index is 13.1. The molecule has 0 unspecified atom stereocenters. The molecule has 144 valence electrons. The molecule has 0 aromatic heterocycles. The fourth-order valence-corrected chi connectivity index (χ4v) is 2.85. The Hall–Kier alpha value is -2.85. The van der Waals surface area contributed by atoms with Crippen LogP contribution < -0.4 is 10.6 Å². The van der Waals surface area contributed by atoms with Crippen LogP contribution in [-0.2, 0) is 10.0 Å². The zero-order chi connectivity index (χ0) is 20.0. The number of nitrogens with zero attached hydrogens (tertiary/aromatic N) is 2. The zero-order valence-electron chi connectivity index (χ0n) is 14.6. The van der Waals surface area contributed by atoms with Gasteiger partial charge in [0.1, 0.15) is 11.5 Å². The first kappa shape index (κ1) is 20.5. The summed E-state index contributed by atoms with van der Waals surface area (Å²) in [5, 5.41) is 20.5. The van der Waals surface area contributed by atoms with Crippen LogP contribution in [0.5, 0.6) is 0 Å². The third kappa shape index (κ3) is 5.56. The number of benzene rings is 2. The van der Waals surface area contributed by atoms with Crippen molar-refractivity contribution in [1.29, 1.82) is 0 Å². The lowest BCUT2D eigenvalue weighted by Crippen LogP contribution is -2.13. The van der Waals surface area contributed by atoms with Crippen LogP contribution in [0, 0.1) is 15.9 Å². The van der Waals surface area contributed by atoms with Crippen molar-refractivity contribution in [2.75, 3.05) is 5.43 Å². The van der Waals surface area contributed by atoms with Gasteiger partial charge in [-0.15, -0.1) is 0 Å². The predicted octanol–water partition coefficient (Wildman–Crippen LogP) is 3.39. The smallest absolute Gasteiger partial charge is 0.271 e. The van der Waals surface area contributed by atoms with Crippen LogP contribution >= 0.6 is 0 Å². The van der Waals surface area contributed by atoms with E-state index in [1.165, 1.54) is 18.2 Å². The number of halogens is 1. The molecule has 0 bridgehead atoms. The van der Waals surface area contributed by atoms with Gasteiger partial charge in [0, 0.05) is 6.07 Å². The normalized spacial score (nSPS) is 12.0. The van der Waals surface area contributed by atoms with Crippen LogP contribution in [0.15, 0.2) is 52.5 Å². The number of nitrogens with two attached hydrogens (primary N) is 1. The summed E-state index contributed by atoms with van der Waals surface area (Å²) in [5.74, 6) is -0.379. The lowest BCUT2D eigenvalue weighted by molar-refractivity contribution is -0.384. The van der Waals surface area contributed by atoms with E-state index in [1.54, 1.807) is 12.1 Å². The van der Waals surface area contributed by atoms with Crippen LogP contribution in [0.1, 0.15) is 31.7 Å². The summed E-state index contributed by atoms with van der Waals surface area (Å²) in [7, 11) is -4.07.